The molecule has 9 nitrogen and oxygen atoms in total. The lowest BCUT2D eigenvalue weighted by Crippen LogP contribution is -2.34. The van der Waals surface area contributed by atoms with Gasteiger partial charge < -0.3 is 33.0 Å². The average Bonchev–Trinajstić information content (AvgIpc) is 2.71. The van der Waals surface area contributed by atoms with Crippen molar-refractivity contribution in [2.75, 3.05) is 26.4 Å². The summed E-state index contributed by atoms with van der Waals surface area (Å²) < 4.78 is 34.3. The molecule has 0 aliphatic carbocycles. The van der Waals surface area contributed by atoms with E-state index in [1.54, 1.807) is 20.8 Å². The van der Waals surface area contributed by atoms with Crippen molar-refractivity contribution >= 4 is 11.9 Å². The molecule has 1 aromatic heterocycles. The van der Waals surface area contributed by atoms with Gasteiger partial charge in [-0.05, 0) is 20.8 Å². The number of hydrogen-bond donors (Lipinski definition) is 0. The SMILES string of the molecule is CCOC(=O)Cn1c(C(=O)OCC)c2c(c1C1OC(C)O1)OCCCO2. The molecule has 1 fully saturated rings. The molecule has 0 spiro atoms. The molecule has 1 saturated heterocycles. The highest BCUT2D eigenvalue weighted by atomic mass is 16.9. The van der Waals surface area contributed by atoms with Crippen molar-refractivity contribution in [2.24, 2.45) is 0 Å². The third kappa shape index (κ3) is 3.49. The van der Waals surface area contributed by atoms with Crippen LogP contribution in [0.3, 0.4) is 0 Å². The second-order valence-electron chi connectivity index (χ2n) is 5.73. The molecular weight excluding hydrogens is 346 g/mol. The fourth-order valence-corrected chi connectivity index (χ4v) is 2.89. The molecule has 144 valence electrons. The Morgan fingerprint density at radius 1 is 1.08 bits per heavy atom. The smallest absolute Gasteiger partial charge is 0.359 e. The Hall–Kier alpha value is -2.26. The minimum absolute atomic E-state index is 0.0959. The molecule has 0 amide bonds. The highest BCUT2D eigenvalue weighted by Gasteiger charge is 2.41. The van der Waals surface area contributed by atoms with Gasteiger partial charge in [-0.25, -0.2) is 4.79 Å². The van der Waals surface area contributed by atoms with Crippen LogP contribution in [0.25, 0.3) is 0 Å². The van der Waals surface area contributed by atoms with Crippen molar-refractivity contribution in [2.45, 2.75) is 46.3 Å². The molecule has 2 aliphatic rings. The molecule has 0 aromatic carbocycles. The molecule has 3 rings (SSSR count). The van der Waals surface area contributed by atoms with E-state index in [2.05, 4.69) is 0 Å². The predicted molar refractivity (Wildman–Crippen MR) is 87.0 cm³/mol. The van der Waals surface area contributed by atoms with Crippen molar-refractivity contribution in [1.82, 2.24) is 4.57 Å². The molecule has 0 bridgehead atoms. The number of carbonyl (C=O) groups is 2. The molecule has 3 heterocycles. The van der Waals surface area contributed by atoms with E-state index in [4.69, 9.17) is 28.4 Å². The highest BCUT2D eigenvalue weighted by Crippen LogP contribution is 2.47. The Morgan fingerprint density at radius 3 is 2.35 bits per heavy atom. The molecule has 9 heteroatoms. The zero-order valence-corrected chi connectivity index (χ0v) is 15.1. The summed E-state index contributed by atoms with van der Waals surface area (Å²) in [6.07, 6.45) is -0.491. The summed E-state index contributed by atoms with van der Waals surface area (Å²) >= 11 is 0. The van der Waals surface area contributed by atoms with Crippen LogP contribution in [0.15, 0.2) is 0 Å². The topological polar surface area (TPSA) is 94.5 Å². The maximum atomic E-state index is 12.6. The summed E-state index contributed by atoms with van der Waals surface area (Å²) in [6, 6.07) is 0. The van der Waals surface area contributed by atoms with Gasteiger partial charge in [-0.15, -0.1) is 0 Å². The predicted octanol–water partition coefficient (Wildman–Crippen LogP) is 1.78. The van der Waals surface area contributed by atoms with Crippen LogP contribution < -0.4 is 9.47 Å². The van der Waals surface area contributed by atoms with E-state index in [1.807, 2.05) is 0 Å². The number of ether oxygens (including phenoxy) is 6. The molecule has 0 N–H and O–H groups in total. The first kappa shape index (κ1) is 18.5. The van der Waals surface area contributed by atoms with Gasteiger partial charge in [0.2, 0.25) is 6.29 Å². The Bertz CT molecular complexity index is 677. The molecule has 0 saturated carbocycles. The van der Waals surface area contributed by atoms with Gasteiger partial charge in [0.15, 0.2) is 23.5 Å². The van der Waals surface area contributed by atoms with Crippen LogP contribution in [0.2, 0.25) is 0 Å². The third-order valence-corrected chi connectivity index (χ3v) is 3.91. The zero-order chi connectivity index (χ0) is 18.7. The number of carbonyl (C=O) groups excluding carboxylic acids is 2. The molecule has 26 heavy (non-hydrogen) atoms. The average molecular weight is 369 g/mol. The molecular formula is C17H23NO8. The summed E-state index contributed by atoms with van der Waals surface area (Å²) in [7, 11) is 0. The van der Waals surface area contributed by atoms with E-state index in [0.29, 0.717) is 31.1 Å². The van der Waals surface area contributed by atoms with Crippen LogP contribution in [-0.4, -0.2) is 49.2 Å². The van der Waals surface area contributed by atoms with E-state index in [0.717, 1.165) is 0 Å². The molecule has 0 atom stereocenters. The normalized spacial score (nSPS) is 21.5. The maximum Gasteiger partial charge on any atom is 0.359 e. The minimum Gasteiger partial charge on any atom is -0.488 e. The highest BCUT2D eigenvalue weighted by molar-refractivity contribution is 5.93. The van der Waals surface area contributed by atoms with Crippen molar-refractivity contribution in [3.63, 3.8) is 0 Å². The second-order valence-corrected chi connectivity index (χ2v) is 5.73. The summed E-state index contributed by atoms with van der Waals surface area (Å²) in [6.45, 7) is 6.15. The fraction of sp³-hybridized carbons (Fsp3) is 0.647. The minimum atomic E-state index is -0.766. The largest absolute Gasteiger partial charge is 0.488 e. The first-order valence-electron chi connectivity index (χ1n) is 8.72. The quantitative estimate of drug-likeness (QED) is 0.701. The number of aromatic nitrogens is 1. The zero-order valence-electron chi connectivity index (χ0n) is 15.1. The van der Waals surface area contributed by atoms with Crippen LogP contribution in [0, 0.1) is 0 Å². The summed E-state index contributed by atoms with van der Waals surface area (Å²) in [5, 5.41) is 0. The van der Waals surface area contributed by atoms with Gasteiger partial charge in [0.1, 0.15) is 12.2 Å². The van der Waals surface area contributed by atoms with Crippen molar-refractivity contribution < 1.29 is 38.0 Å². The van der Waals surface area contributed by atoms with Gasteiger partial charge in [-0.3, -0.25) is 4.79 Å². The molecule has 1 aromatic rings. The van der Waals surface area contributed by atoms with E-state index in [1.165, 1.54) is 4.57 Å². The van der Waals surface area contributed by atoms with Gasteiger partial charge in [0.25, 0.3) is 0 Å². The van der Waals surface area contributed by atoms with Gasteiger partial charge in [-0.1, -0.05) is 0 Å². The van der Waals surface area contributed by atoms with Gasteiger partial charge in [-0.2, -0.15) is 0 Å². The lowest BCUT2D eigenvalue weighted by Gasteiger charge is -2.34. The number of nitrogens with zero attached hydrogens (tertiary/aromatic N) is 1. The Morgan fingerprint density at radius 2 is 1.73 bits per heavy atom. The van der Waals surface area contributed by atoms with Crippen LogP contribution in [0.5, 0.6) is 11.5 Å². The Balaban J connectivity index is 2.09. The molecule has 0 unspecified atom stereocenters. The van der Waals surface area contributed by atoms with Crippen LogP contribution in [0.1, 0.15) is 49.7 Å². The van der Waals surface area contributed by atoms with Crippen LogP contribution in [0.4, 0.5) is 0 Å². The van der Waals surface area contributed by atoms with E-state index in [9.17, 15) is 9.59 Å². The van der Waals surface area contributed by atoms with Gasteiger partial charge in [0.05, 0.1) is 26.4 Å². The first-order valence-corrected chi connectivity index (χ1v) is 8.72. The van der Waals surface area contributed by atoms with Gasteiger partial charge in [0, 0.05) is 6.42 Å². The lowest BCUT2D eigenvalue weighted by atomic mass is 10.3. The summed E-state index contributed by atoms with van der Waals surface area (Å²) in [5.74, 6) is -0.534. The number of rotatable bonds is 6. The van der Waals surface area contributed by atoms with Crippen molar-refractivity contribution in [1.29, 1.82) is 0 Å². The van der Waals surface area contributed by atoms with E-state index >= 15 is 0 Å². The first-order chi connectivity index (χ1) is 12.6. The lowest BCUT2D eigenvalue weighted by molar-refractivity contribution is -0.384. The summed E-state index contributed by atoms with van der Waals surface area (Å²) in [5.41, 5.74) is 0.509. The number of hydrogen-bond acceptors (Lipinski definition) is 8. The Labute approximate surface area is 151 Å². The third-order valence-electron chi connectivity index (χ3n) is 3.91. The monoisotopic (exact) mass is 369 g/mol. The number of esters is 2. The van der Waals surface area contributed by atoms with E-state index < -0.39 is 18.2 Å². The van der Waals surface area contributed by atoms with Crippen molar-refractivity contribution in [3.05, 3.63) is 11.4 Å². The van der Waals surface area contributed by atoms with Crippen molar-refractivity contribution in [3.8, 4) is 11.5 Å². The molecule has 0 radical (unpaired) electrons. The molecule has 2 aliphatic heterocycles. The van der Waals surface area contributed by atoms with Crippen LogP contribution in [-0.2, 0) is 30.3 Å². The Kier molecular flexibility index (Phi) is 5.67. The number of fused-ring (bicyclic) bond motifs is 1. The second kappa shape index (κ2) is 7.96. The standard InChI is InChI=1S/C17H23NO8/c1-4-21-11(19)9-18-12(16(20)22-5-2)14-15(24-8-6-7-23-14)13(18)17-25-10(3)26-17/h10,17H,4-9H2,1-3H3. The van der Waals surface area contributed by atoms with Gasteiger partial charge >= 0.3 is 11.9 Å². The fourth-order valence-electron chi connectivity index (χ4n) is 2.89. The van der Waals surface area contributed by atoms with Crippen LogP contribution >= 0.6 is 0 Å². The summed E-state index contributed by atoms with van der Waals surface area (Å²) in [4.78, 5) is 24.7. The maximum absolute atomic E-state index is 12.6. The van der Waals surface area contributed by atoms with E-state index in [-0.39, 0.29) is 37.5 Å².